The van der Waals surface area contributed by atoms with E-state index in [0.717, 1.165) is 31.2 Å². The number of nitrogens with one attached hydrogen (secondary N) is 2. The van der Waals surface area contributed by atoms with Crippen molar-refractivity contribution in [3.8, 4) is 0 Å². The molecule has 1 atom stereocenters. The maximum absolute atomic E-state index is 14.3. The Kier molecular flexibility index (Phi) is 5.10. The molecule has 0 saturated heterocycles. The van der Waals surface area contributed by atoms with Crippen LogP contribution in [0.25, 0.3) is 10.9 Å². The Balaban J connectivity index is 1.81. The molecule has 31 heavy (non-hydrogen) atoms. The molecule has 0 radical (unpaired) electrons. The summed E-state index contributed by atoms with van der Waals surface area (Å²) in [4.78, 5) is 12.1. The molecule has 2 aromatic carbocycles. The second kappa shape index (κ2) is 7.51. The van der Waals surface area contributed by atoms with Gasteiger partial charge in [-0.05, 0) is 36.6 Å². The van der Waals surface area contributed by atoms with Crippen LogP contribution < -0.4 is 10.6 Å². The number of amides is 2. The standard InChI is InChI=1S/C22H21F3N4O2/c1-29-12-17(16-4-2-3-5-19(16)29)21(31,22(23,24)25)14-6-9-18(13(10-14)11-26)28-20(30)27-15-7-8-15/h2-6,9-12,15,26,31H,7-8H2,1H3,(H2,27,28,30)/p+1. The maximum atomic E-state index is 14.3. The molecule has 6 nitrogen and oxygen atoms in total. The van der Waals surface area contributed by atoms with Gasteiger partial charge in [0.25, 0.3) is 0 Å². The highest BCUT2D eigenvalue weighted by Crippen LogP contribution is 2.47. The summed E-state index contributed by atoms with van der Waals surface area (Å²) >= 11 is 0. The lowest BCUT2D eigenvalue weighted by molar-refractivity contribution is -0.465. The number of rotatable bonds is 5. The van der Waals surface area contributed by atoms with Gasteiger partial charge in [-0.25, -0.2) is 10.1 Å². The summed E-state index contributed by atoms with van der Waals surface area (Å²) in [5.74, 6) is 0. The highest BCUT2D eigenvalue weighted by Gasteiger charge is 2.57. The van der Waals surface area contributed by atoms with Crippen molar-refractivity contribution in [3.63, 3.8) is 0 Å². The second-order valence-corrected chi connectivity index (χ2v) is 7.79. The minimum absolute atomic E-state index is 0.103. The Morgan fingerprint density at radius 1 is 1.26 bits per heavy atom. The number of aromatic nitrogens is 1. The smallest absolute Gasteiger partial charge is 0.372 e. The minimum atomic E-state index is -5.02. The first-order chi connectivity index (χ1) is 14.6. The number of primary amides is 1. The number of nitrogens with two attached hydrogens (primary N) is 1. The highest BCUT2D eigenvalue weighted by atomic mass is 19.4. The molecule has 2 amide bonds. The Morgan fingerprint density at radius 2 is 1.97 bits per heavy atom. The number of para-hydroxylation sites is 1. The van der Waals surface area contributed by atoms with E-state index in [0.29, 0.717) is 11.2 Å². The van der Waals surface area contributed by atoms with Gasteiger partial charge in [-0.2, -0.15) is 13.2 Å². The SMILES string of the molecule is Cn1cc(C(O)(c2ccc([NH2+]C(=O)NC3CC3)c(C=N)c2)C(F)(F)F)c2ccccc21. The van der Waals surface area contributed by atoms with E-state index in [9.17, 15) is 23.1 Å². The molecule has 1 aliphatic carbocycles. The molecular formula is C22H22F3N4O2+. The maximum Gasteiger partial charge on any atom is 0.425 e. The van der Waals surface area contributed by atoms with Crippen LogP contribution in [0.3, 0.4) is 0 Å². The number of fused-ring (bicyclic) bond motifs is 1. The largest absolute Gasteiger partial charge is 0.425 e. The van der Waals surface area contributed by atoms with Crippen LogP contribution in [0.1, 0.15) is 29.5 Å². The number of nitrogens with zero attached hydrogens (tertiary/aromatic N) is 1. The van der Waals surface area contributed by atoms with Crippen molar-refractivity contribution < 1.29 is 28.4 Å². The Bertz CT molecular complexity index is 1170. The molecule has 1 unspecified atom stereocenters. The Labute approximate surface area is 176 Å². The van der Waals surface area contributed by atoms with Crippen molar-refractivity contribution >= 4 is 28.8 Å². The van der Waals surface area contributed by atoms with Crippen molar-refractivity contribution in [2.45, 2.75) is 30.7 Å². The first-order valence-corrected chi connectivity index (χ1v) is 9.79. The zero-order chi connectivity index (χ0) is 22.4. The fourth-order valence-corrected chi connectivity index (χ4v) is 3.77. The zero-order valence-corrected chi connectivity index (χ0v) is 16.7. The van der Waals surface area contributed by atoms with Gasteiger partial charge >= 0.3 is 12.2 Å². The number of hydrogen-bond donors (Lipinski definition) is 4. The molecule has 9 heteroatoms. The summed E-state index contributed by atoms with van der Waals surface area (Å²) < 4.78 is 44.5. The molecule has 1 aliphatic rings. The predicted molar refractivity (Wildman–Crippen MR) is 109 cm³/mol. The summed E-state index contributed by atoms with van der Waals surface area (Å²) in [5, 5.41) is 23.1. The first-order valence-electron chi connectivity index (χ1n) is 9.79. The molecule has 1 saturated carbocycles. The van der Waals surface area contributed by atoms with Gasteiger partial charge in [-0.1, -0.05) is 18.2 Å². The fourth-order valence-electron chi connectivity index (χ4n) is 3.77. The number of benzene rings is 2. The van der Waals surface area contributed by atoms with Crippen LogP contribution in [0.2, 0.25) is 0 Å². The number of aryl methyl sites for hydroxylation is 1. The van der Waals surface area contributed by atoms with Crippen LogP contribution in [-0.2, 0) is 12.6 Å². The lowest BCUT2D eigenvalue weighted by Gasteiger charge is -2.31. The van der Waals surface area contributed by atoms with E-state index in [1.165, 1.54) is 28.2 Å². The van der Waals surface area contributed by atoms with Crippen molar-refractivity contribution in [3.05, 3.63) is 65.4 Å². The quantitative estimate of drug-likeness (QED) is 0.369. The van der Waals surface area contributed by atoms with Crippen LogP contribution in [-0.4, -0.2) is 34.1 Å². The molecule has 3 aromatic rings. The first kappa shape index (κ1) is 21.1. The van der Waals surface area contributed by atoms with E-state index >= 15 is 0 Å². The number of aliphatic hydroxyl groups is 1. The number of alkyl halides is 3. The average Bonchev–Trinajstić information content (AvgIpc) is 3.48. The van der Waals surface area contributed by atoms with E-state index in [1.807, 2.05) is 0 Å². The van der Waals surface area contributed by atoms with E-state index in [-0.39, 0.29) is 28.6 Å². The Morgan fingerprint density at radius 3 is 2.61 bits per heavy atom. The molecule has 1 heterocycles. The van der Waals surface area contributed by atoms with E-state index in [4.69, 9.17) is 5.41 Å². The molecule has 1 fully saturated rings. The molecule has 0 aliphatic heterocycles. The van der Waals surface area contributed by atoms with Gasteiger partial charge in [-0.3, -0.25) is 0 Å². The fraction of sp³-hybridized carbons (Fsp3) is 0.273. The topological polar surface area (TPSA) is 94.7 Å². The Hall–Kier alpha value is -3.17. The highest BCUT2D eigenvalue weighted by molar-refractivity contribution is 5.87. The lowest BCUT2D eigenvalue weighted by atomic mass is 9.84. The third kappa shape index (κ3) is 3.70. The normalized spacial score (nSPS) is 16.2. The van der Waals surface area contributed by atoms with Gasteiger partial charge in [0, 0.05) is 48.0 Å². The monoisotopic (exact) mass is 431 g/mol. The van der Waals surface area contributed by atoms with Gasteiger partial charge < -0.3 is 20.4 Å². The zero-order valence-electron chi connectivity index (χ0n) is 16.7. The van der Waals surface area contributed by atoms with Gasteiger partial charge in [0.15, 0.2) is 0 Å². The number of urea groups is 1. The molecular weight excluding hydrogens is 409 g/mol. The minimum Gasteiger partial charge on any atom is -0.372 e. The average molecular weight is 431 g/mol. The van der Waals surface area contributed by atoms with Crippen LogP contribution in [0.15, 0.2) is 48.7 Å². The predicted octanol–water partition coefficient (Wildman–Crippen LogP) is 3.04. The van der Waals surface area contributed by atoms with E-state index in [2.05, 4.69) is 5.32 Å². The molecule has 1 aromatic heterocycles. The van der Waals surface area contributed by atoms with Gasteiger partial charge in [0.1, 0.15) is 5.69 Å². The van der Waals surface area contributed by atoms with Crippen molar-refractivity contribution in [1.29, 1.82) is 5.41 Å². The second-order valence-electron chi connectivity index (χ2n) is 7.79. The number of quaternary nitrogens is 1. The van der Waals surface area contributed by atoms with Crippen LogP contribution in [0, 0.1) is 5.41 Å². The van der Waals surface area contributed by atoms with Gasteiger partial charge in [-0.15, -0.1) is 0 Å². The summed E-state index contributed by atoms with van der Waals surface area (Å²) in [6.07, 6.45) is -1.07. The summed E-state index contributed by atoms with van der Waals surface area (Å²) in [6.45, 7) is 0. The van der Waals surface area contributed by atoms with E-state index < -0.39 is 17.3 Å². The van der Waals surface area contributed by atoms with Crippen LogP contribution >= 0.6 is 0 Å². The molecule has 162 valence electrons. The molecule has 4 rings (SSSR count). The third-order valence-corrected chi connectivity index (χ3v) is 5.57. The summed E-state index contributed by atoms with van der Waals surface area (Å²) in [5.41, 5.74) is -3.05. The summed E-state index contributed by atoms with van der Waals surface area (Å²) in [7, 11) is 1.61. The van der Waals surface area contributed by atoms with Crippen molar-refractivity contribution in [2.24, 2.45) is 7.05 Å². The van der Waals surface area contributed by atoms with Gasteiger partial charge in [0.05, 0.1) is 5.56 Å². The molecule has 0 bridgehead atoms. The molecule has 5 N–H and O–H groups in total. The third-order valence-electron chi connectivity index (χ3n) is 5.57. The van der Waals surface area contributed by atoms with Crippen molar-refractivity contribution in [1.82, 2.24) is 9.88 Å². The molecule has 0 spiro atoms. The number of hydrogen-bond acceptors (Lipinski definition) is 3. The number of carbonyl (C=O) groups is 1. The lowest BCUT2D eigenvalue weighted by Crippen LogP contribution is -2.85. The van der Waals surface area contributed by atoms with Gasteiger partial charge in [0.2, 0.25) is 5.60 Å². The van der Waals surface area contributed by atoms with Crippen LogP contribution in [0.4, 0.5) is 23.7 Å². The number of halogens is 3. The summed E-state index contributed by atoms with van der Waals surface area (Å²) in [6, 6.07) is 9.89. The van der Waals surface area contributed by atoms with Crippen molar-refractivity contribution in [2.75, 3.05) is 0 Å². The number of carbonyl (C=O) groups excluding carboxylic acids is 1. The van der Waals surface area contributed by atoms with E-state index in [1.54, 1.807) is 25.2 Å². The van der Waals surface area contributed by atoms with Crippen LogP contribution in [0.5, 0.6) is 0 Å².